The Balaban J connectivity index is 1.33. The van der Waals surface area contributed by atoms with Crippen molar-refractivity contribution < 1.29 is 9.59 Å². The number of piperidine rings is 1. The van der Waals surface area contributed by atoms with Gasteiger partial charge in [-0.2, -0.15) is 0 Å². The molecule has 8 atom stereocenters. The molecule has 0 spiro atoms. The fourth-order valence-corrected chi connectivity index (χ4v) is 8.72. The minimum atomic E-state index is 0.0485. The van der Waals surface area contributed by atoms with Gasteiger partial charge >= 0.3 is 0 Å². The Morgan fingerprint density at radius 3 is 2.47 bits per heavy atom. The summed E-state index contributed by atoms with van der Waals surface area (Å²) in [6.45, 7) is 6.99. The Bertz CT molecular complexity index is 885. The fourth-order valence-electron chi connectivity index (χ4n) is 8.72. The van der Waals surface area contributed by atoms with Crippen LogP contribution in [0.25, 0.3) is 0 Å². The van der Waals surface area contributed by atoms with E-state index in [4.69, 9.17) is 0 Å². The zero-order valence-corrected chi connectivity index (χ0v) is 20.3. The van der Waals surface area contributed by atoms with Crippen LogP contribution in [-0.4, -0.2) is 29.8 Å². The lowest BCUT2D eigenvalue weighted by molar-refractivity contribution is -0.159. The Labute approximate surface area is 193 Å². The number of carbonyl (C=O) groups is 2. The average molecular weight is 437 g/mol. The molecule has 1 heterocycles. The summed E-state index contributed by atoms with van der Waals surface area (Å²) in [5.74, 6) is 2.76. The summed E-state index contributed by atoms with van der Waals surface area (Å²) in [6.07, 6.45) is 8.68. The molecule has 0 unspecified atom stereocenters. The number of carbonyl (C=O) groups excluding carboxylic acids is 2. The van der Waals surface area contributed by atoms with E-state index < -0.39 is 0 Å². The monoisotopic (exact) mass is 436 g/mol. The van der Waals surface area contributed by atoms with E-state index in [1.165, 1.54) is 24.8 Å². The van der Waals surface area contributed by atoms with Crippen LogP contribution < -0.4 is 5.32 Å². The van der Waals surface area contributed by atoms with Crippen molar-refractivity contribution in [1.29, 1.82) is 0 Å². The smallest absolute Gasteiger partial charge is 0.224 e. The molecule has 32 heavy (non-hydrogen) atoms. The molecule has 174 valence electrons. The zero-order valence-electron chi connectivity index (χ0n) is 20.3. The number of rotatable bonds is 3. The number of benzene rings is 1. The number of nitrogens with zero attached hydrogens (tertiary/aromatic N) is 1. The van der Waals surface area contributed by atoms with Gasteiger partial charge in [0.15, 0.2) is 0 Å². The summed E-state index contributed by atoms with van der Waals surface area (Å²) in [5.41, 5.74) is 1.53. The maximum Gasteiger partial charge on any atom is 0.224 e. The predicted molar refractivity (Wildman–Crippen MR) is 127 cm³/mol. The van der Waals surface area contributed by atoms with Crippen LogP contribution in [0.3, 0.4) is 0 Å². The molecule has 1 N–H and O–H groups in total. The highest BCUT2D eigenvalue weighted by atomic mass is 16.2. The van der Waals surface area contributed by atoms with Crippen LogP contribution in [0.1, 0.15) is 83.7 Å². The Hall–Kier alpha value is -1.84. The van der Waals surface area contributed by atoms with E-state index in [1.54, 1.807) is 0 Å². The molecule has 1 aromatic rings. The van der Waals surface area contributed by atoms with E-state index in [0.29, 0.717) is 36.1 Å². The lowest BCUT2D eigenvalue weighted by atomic mass is 9.47. The lowest BCUT2D eigenvalue weighted by Gasteiger charge is -2.61. The normalized spacial score (nSPS) is 41.9. The van der Waals surface area contributed by atoms with Crippen molar-refractivity contribution in [1.82, 2.24) is 10.2 Å². The lowest BCUT2D eigenvalue weighted by Crippen LogP contribution is -2.61. The van der Waals surface area contributed by atoms with Crippen molar-refractivity contribution in [3.05, 3.63) is 35.9 Å². The maximum absolute atomic E-state index is 13.5. The van der Waals surface area contributed by atoms with Gasteiger partial charge in [0.05, 0.1) is 6.04 Å². The van der Waals surface area contributed by atoms with E-state index >= 15 is 0 Å². The molecule has 3 aliphatic carbocycles. The third-order valence-electron chi connectivity index (χ3n) is 10.5. The van der Waals surface area contributed by atoms with Gasteiger partial charge in [0, 0.05) is 25.4 Å². The van der Waals surface area contributed by atoms with E-state index in [-0.39, 0.29) is 28.7 Å². The van der Waals surface area contributed by atoms with Gasteiger partial charge in [0.2, 0.25) is 11.8 Å². The number of nitrogens with one attached hydrogen (secondary N) is 1. The Morgan fingerprint density at radius 1 is 1.00 bits per heavy atom. The molecule has 2 amide bonds. The Kier molecular flexibility index (Phi) is 5.41. The van der Waals surface area contributed by atoms with Crippen molar-refractivity contribution >= 4 is 11.8 Å². The van der Waals surface area contributed by atoms with Crippen LogP contribution in [0.15, 0.2) is 30.3 Å². The molecule has 0 radical (unpaired) electrons. The summed E-state index contributed by atoms with van der Waals surface area (Å²) in [7, 11) is 2.03. The van der Waals surface area contributed by atoms with E-state index in [2.05, 4.69) is 43.1 Å². The van der Waals surface area contributed by atoms with Gasteiger partial charge in [-0.1, -0.05) is 44.2 Å². The van der Waals surface area contributed by atoms with Gasteiger partial charge in [-0.05, 0) is 86.0 Å². The van der Waals surface area contributed by atoms with Gasteiger partial charge in [-0.25, -0.2) is 0 Å². The maximum atomic E-state index is 13.5. The number of likely N-dealkylation sites (tertiary alicyclic amines) is 1. The van der Waals surface area contributed by atoms with E-state index in [9.17, 15) is 9.59 Å². The minimum absolute atomic E-state index is 0.0485. The average Bonchev–Trinajstić information content (AvgIpc) is 3.14. The summed E-state index contributed by atoms with van der Waals surface area (Å²) in [6, 6.07) is 10.8. The third kappa shape index (κ3) is 3.23. The van der Waals surface area contributed by atoms with E-state index in [0.717, 1.165) is 25.7 Å². The van der Waals surface area contributed by atoms with Gasteiger partial charge in [0.1, 0.15) is 0 Å². The van der Waals surface area contributed by atoms with Crippen molar-refractivity contribution in [2.75, 3.05) is 7.05 Å². The standard InChI is InChI=1S/C28H40N2O2/c1-18(19-8-6-5-7-9-19)29-26(32)23-12-11-21-20-10-13-24-28(3,17-15-25(31)30(24)4)22(20)14-16-27(21,23)2/h5-9,18,20-24H,10-17H2,1-4H3,(H,29,32)/t18-,20+,21+,22+,23-,24-,27+,28-/m1/s1. The predicted octanol–water partition coefficient (Wildman–Crippen LogP) is 5.34. The van der Waals surface area contributed by atoms with Crippen LogP contribution in [0.5, 0.6) is 0 Å². The molecule has 4 nitrogen and oxygen atoms in total. The summed E-state index contributed by atoms with van der Waals surface area (Å²) in [4.78, 5) is 27.9. The highest BCUT2D eigenvalue weighted by molar-refractivity contribution is 5.80. The molecule has 0 aromatic heterocycles. The molecule has 1 aromatic carbocycles. The summed E-state index contributed by atoms with van der Waals surface area (Å²) in [5, 5.41) is 3.35. The first-order valence-corrected chi connectivity index (χ1v) is 12.9. The van der Waals surface area contributed by atoms with Crippen molar-refractivity contribution in [2.45, 2.75) is 84.2 Å². The first-order valence-electron chi connectivity index (χ1n) is 12.9. The molecule has 5 rings (SSSR count). The Morgan fingerprint density at radius 2 is 1.72 bits per heavy atom. The van der Waals surface area contributed by atoms with Crippen LogP contribution >= 0.6 is 0 Å². The van der Waals surface area contributed by atoms with Crippen molar-refractivity contribution in [2.24, 2.45) is 34.5 Å². The summed E-state index contributed by atoms with van der Waals surface area (Å²) < 4.78 is 0. The number of hydrogen-bond acceptors (Lipinski definition) is 2. The quantitative estimate of drug-likeness (QED) is 0.695. The van der Waals surface area contributed by atoms with Crippen LogP contribution in [-0.2, 0) is 9.59 Å². The van der Waals surface area contributed by atoms with Gasteiger partial charge < -0.3 is 10.2 Å². The zero-order chi connectivity index (χ0) is 22.7. The minimum Gasteiger partial charge on any atom is -0.349 e. The number of fused-ring (bicyclic) bond motifs is 5. The SMILES string of the molecule is C[C@@H](NC(=O)[C@H]1CC[C@H]2[C@@H]3CC[C@H]4N(C)C(=O)CC[C@]4(C)[C@H]3CC[C@]12C)c1ccccc1. The topological polar surface area (TPSA) is 49.4 Å². The molecule has 4 heteroatoms. The second kappa shape index (κ2) is 7.88. The van der Waals surface area contributed by atoms with Crippen LogP contribution in [0.2, 0.25) is 0 Å². The second-order valence-corrected chi connectivity index (χ2v) is 11.8. The van der Waals surface area contributed by atoms with Gasteiger partial charge in [-0.3, -0.25) is 9.59 Å². The van der Waals surface area contributed by atoms with E-state index in [1.807, 2.05) is 25.2 Å². The summed E-state index contributed by atoms with van der Waals surface area (Å²) >= 11 is 0. The largest absolute Gasteiger partial charge is 0.349 e. The molecule has 4 fully saturated rings. The molecular weight excluding hydrogens is 396 g/mol. The highest BCUT2D eigenvalue weighted by Crippen LogP contribution is 2.66. The van der Waals surface area contributed by atoms with Crippen molar-refractivity contribution in [3.8, 4) is 0 Å². The molecule has 3 saturated carbocycles. The number of amides is 2. The number of hydrogen-bond donors (Lipinski definition) is 1. The molecule has 1 saturated heterocycles. The molecular formula is C28H40N2O2. The van der Waals surface area contributed by atoms with Crippen molar-refractivity contribution in [3.63, 3.8) is 0 Å². The van der Waals surface area contributed by atoms with Crippen LogP contribution in [0.4, 0.5) is 0 Å². The molecule has 0 bridgehead atoms. The van der Waals surface area contributed by atoms with Crippen LogP contribution in [0, 0.1) is 34.5 Å². The first kappa shape index (κ1) is 22.0. The van der Waals surface area contributed by atoms with Gasteiger partial charge in [0.25, 0.3) is 0 Å². The van der Waals surface area contributed by atoms with Gasteiger partial charge in [-0.15, -0.1) is 0 Å². The first-order chi connectivity index (χ1) is 15.3. The third-order valence-corrected chi connectivity index (χ3v) is 10.5. The molecule has 4 aliphatic rings. The molecule has 1 aliphatic heterocycles. The second-order valence-electron chi connectivity index (χ2n) is 11.8. The highest BCUT2D eigenvalue weighted by Gasteiger charge is 2.62. The fraction of sp³-hybridized carbons (Fsp3) is 0.714.